The molecule has 0 amide bonds. The molecule has 0 aromatic carbocycles. The third-order valence-electron chi connectivity index (χ3n) is 4.44. The number of anilines is 1. The van der Waals surface area contributed by atoms with Gasteiger partial charge in [-0.3, -0.25) is 0 Å². The molecule has 3 heterocycles. The molecule has 0 aliphatic carbocycles. The number of piperazine rings is 1. The first kappa shape index (κ1) is 17.2. The van der Waals surface area contributed by atoms with Crippen LogP contribution in [0.4, 0.5) is 5.69 Å². The number of ether oxygens (including phenoxy) is 1. The van der Waals surface area contributed by atoms with Crippen molar-refractivity contribution in [3.05, 3.63) is 36.2 Å². The van der Waals surface area contributed by atoms with Crippen LogP contribution in [0.1, 0.15) is 26.0 Å². The zero-order valence-corrected chi connectivity index (χ0v) is 14.7. The highest BCUT2D eigenvalue weighted by Crippen LogP contribution is 2.30. The highest BCUT2D eigenvalue weighted by atomic mass is 16.5. The van der Waals surface area contributed by atoms with Gasteiger partial charge in [-0.15, -0.1) is 0 Å². The Morgan fingerprint density at radius 3 is 3.00 bits per heavy atom. The van der Waals surface area contributed by atoms with Gasteiger partial charge >= 0.3 is 0 Å². The first-order valence-electron chi connectivity index (χ1n) is 8.75. The van der Waals surface area contributed by atoms with Crippen molar-refractivity contribution in [3.63, 3.8) is 0 Å². The Kier molecular flexibility index (Phi) is 5.46. The van der Waals surface area contributed by atoms with E-state index in [4.69, 9.17) is 4.74 Å². The van der Waals surface area contributed by atoms with Crippen LogP contribution in [0, 0.1) is 11.3 Å². The largest absolute Gasteiger partial charge is 0.477 e. The van der Waals surface area contributed by atoms with Crippen LogP contribution in [-0.4, -0.2) is 42.3 Å². The molecular weight excluding hydrogens is 314 g/mol. The molecule has 25 heavy (non-hydrogen) atoms. The lowest BCUT2D eigenvalue weighted by molar-refractivity contribution is 0.328. The minimum atomic E-state index is 0.380. The zero-order valence-electron chi connectivity index (χ0n) is 14.7. The number of hydrogen-bond donors (Lipinski definition) is 1. The van der Waals surface area contributed by atoms with E-state index in [0.29, 0.717) is 29.9 Å². The molecule has 1 fully saturated rings. The van der Waals surface area contributed by atoms with E-state index in [2.05, 4.69) is 33.2 Å². The normalized spacial score (nSPS) is 17.2. The van der Waals surface area contributed by atoms with E-state index in [1.807, 2.05) is 31.2 Å². The molecule has 1 aliphatic rings. The van der Waals surface area contributed by atoms with Gasteiger partial charge in [0, 0.05) is 31.9 Å². The molecule has 0 radical (unpaired) electrons. The molecule has 0 bridgehead atoms. The second-order valence-corrected chi connectivity index (χ2v) is 5.92. The second-order valence-electron chi connectivity index (χ2n) is 5.92. The molecule has 2 aromatic heterocycles. The molecular formula is C19H23N5O. The molecule has 2 aromatic rings. The lowest BCUT2D eigenvalue weighted by Crippen LogP contribution is -2.51. The van der Waals surface area contributed by atoms with Crippen molar-refractivity contribution in [2.75, 3.05) is 31.1 Å². The summed E-state index contributed by atoms with van der Waals surface area (Å²) in [6.45, 7) is 7.35. The quantitative estimate of drug-likeness (QED) is 0.904. The standard InChI is InChI=1S/C19H23N5O/c1-3-14-13-21-10-11-24(14)18-8-7-16(23-17(18)12-20)15-6-5-9-22-19(15)25-4-2/h5-9,14,21H,3-4,10-11,13H2,1-2H3/t14-/m1/s1. The summed E-state index contributed by atoms with van der Waals surface area (Å²) in [5.41, 5.74) is 2.87. The van der Waals surface area contributed by atoms with Crippen LogP contribution >= 0.6 is 0 Å². The van der Waals surface area contributed by atoms with Crippen LogP contribution in [0.5, 0.6) is 5.88 Å². The summed E-state index contributed by atoms with van der Waals surface area (Å²) in [5.74, 6) is 0.544. The Balaban J connectivity index is 1.99. The molecule has 1 atom stereocenters. The van der Waals surface area contributed by atoms with Crippen molar-refractivity contribution < 1.29 is 4.74 Å². The third kappa shape index (κ3) is 3.57. The summed E-state index contributed by atoms with van der Waals surface area (Å²) in [4.78, 5) is 11.2. The fraction of sp³-hybridized carbons (Fsp3) is 0.421. The number of nitrogens with zero attached hydrogens (tertiary/aromatic N) is 4. The van der Waals surface area contributed by atoms with Crippen LogP contribution in [0.2, 0.25) is 0 Å². The van der Waals surface area contributed by atoms with E-state index in [1.165, 1.54) is 0 Å². The Hall–Kier alpha value is -2.65. The lowest BCUT2D eigenvalue weighted by Gasteiger charge is -2.37. The van der Waals surface area contributed by atoms with E-state index in [9.17, 15) is 5.26 Å². The molecule has 1 N–H and O–H groups in total. The van der Waals surface area contributed by atoms with Crippen LogP contribution in [0.3, 0.4) is 0 Å². The Morgan fingerprint density at radius 1 is 1.36 bits per heavy atom. The second kappa shape index (κ2) is 7.95. The van der Waals surface area contributed by atoms with Crippen LogP contribution in [0.25, 0.3) is 11.3 Å². The van der Waals surface area contributed by atoms with E-state index < -0.39 is 0 Å². The molecule has 0 unspecified atom stereocenters. The fourth-order valence-electron chi connectivity index (χ4n) is 3.20. The van der Waals surface area contributed by atoms with Gasteiger partial charge in [-0.1, -0.05) is 6.92 Å². The van der Waals surface area contributed by atoms with Gasteiger partial charge in [0.15, 0.2) is 5.69 Å². The number of aromatic nitrogens is 2. The summed E-state index contributed by atoms with van der Waals surface area (Å²) in [6, 6.07) is 10.4. The van der Waals surface area contributed by atoms with Gasteiger partial charge in [0.25, 0.3) is 0 Å². The maximum Gasteiger partial charge on any atom is 0.222 e. The molecule has 6 heteroatoms. The molecule has 1 saturated heterocycles. The van der Waals surface area contributed by atoms with Gasteiger partial charge in [0.05, 0.1) is 23.6 Å². The molecule has 0 spiro atoms. The van der Waals surface area contributed by atoms with Gasteiger partial charge < -0.3 is 15.0 Å². The summed E-state index contributed by atoms with van der Waals surface area (Å²) in [5, 5.41) is 13.1. The van der Waals surface area contributed by atoms with E-state index in [0.717, 1.165) is 37.3 Å². The van der Waals surface area contributed by atoms with Gasteiger partial charge in [-0.25, -0.2) is 9.97 Å². The van der Waals surface area contributed by atoms with Gasteiger partial charge in [-0.2, -0.15) is 5.26 Å². The maximum absolute atomic E-state index is 9.65. The summed E-state index contributed by atoms with van der Waals surface area (Å²) < 4.78 is 5.59. The minimum Gasteiger partial charge on any atom is -0.477 e. The Labute approximate surface area is 148 Å². The summed E-state index contributed by atoms with van der Waals surface area (Å²) >= 11 is 0. The molecule has 1 aliphatic heterocycles. The highest BCUT2D eigenvalue weighted by molar-refractivity contribution is 5.69. The first-order chi connectivity index (χ1) is 12.3. The molecule has 3 rings (SSSR count). The highest BCUT2D eigenvalue weighted by Gasteiger charge is 2.24. The monoisotopic (exact) mass is 337 g/mol. The predicted molar refractivity (Wildman–Crippen MR) is 97.6 cm³/mol. The third-order valence-corrected chi connectivity index (χ3v) is 4.44. The molecule has 130 valence electrons. The first-order valence-corrected chi connectivity index (χ1v) is 8.75. The molecule has 0 saturated carbocycles. The van der Waals surface area contributed by atoms with E-state index in [-0.39, 0.29) is 0 Å². The van der Waals surface area contributed by atoms with Gasteiger partial charge in [-0.05, 0) is 37.6 Å². The number of nitrogens with one attached hydrogen (secondary N) is 1. The van der Waals surface area contributed by atoms with Crippen molar-refractivity contribution >= 4 is 5.69 Å². The van der Waals surface area contributed by atoms with Crippen LogP contribution < -0.4 is 15.0 Å². The van der Waals surface area contributed by atoms with Crippen LogP contribution in [0.15, 0.2) is 30.5 Å². The van der Waals surface area contributed by atoms with Crippen molar-refractivity contribution in [3.8, 4) is 23.2 Å². The maximum atomic E-state index is 9.65. The SMILES string of the molecule is CCOc1ncccc1-c1ccc(N2CCNC[C@H]2CC)c(C#N)n1. The average Bonchev–Trinajstić information content (AvgIpc) is 2.68. The van der Waals surface area contributed by atoms with Gasteiger partial charge in [0.2, 0.25) is 5.88 Å². The predicted octanol–water partition coefficient (Wildman–Crippen LogP) is 2.60. The Morgan fingerprint density at radius 2 is 2.24 bits per heavy atom. The zero-order chi connectivity index (χ0) is 17.6. The summed E-state index contributed by atoms with van der Waals surface area (Å²) in [7, 11) is 0. The Bertz CT molecular complexity index is 771. The van der Waals surface area contributed by atoms with Crippen molar-refractivity contribution in [1.29, 1.82) is 5.26 Å². The molecule has 6 nitrogen and oxygen atoms in total. The number of hydrogen-bond acceptors (Lipinski definition) is 6. The number of nitriles is 1. The van der Waals surface area contributed by atoms with Crippen molar-refractivity contribution in [2.24, 2.45) is 0 Å². The topological polar surface area (TPSA) is 74.1 Å². The van der Waals surface area contributed by atoms with Crippen molar-refractivity contribution in [1.82, 2.24) is 15.3 Å². The number of rotatable bonds is 5. The fourth-order valence-corrected chi connectivity index (χ4v) is 3.20. The number of pyridine rings is 2. The van der Waals surface area contributed by atoms with Gasteiger partial charge in [0.1, 0.15) is 6.07 Å². The van der Waals surface area contributed by atoms with Crippen molar-refractivity contribution in [2.45, 2.75) is 26.3 Å². The summed E-state index contributed by atoms with van der Waals surface area (Å²) in [6.07, 6.45) is 2.72. The smallest absolute Gasteiger partial charge is 0.222 e. The van der Waals surface area contributed by atoms with E-state index in [1.54, 1.807) is 6.20 Å². The van der Waals surface area contributed by atoms with E-state index >= 15 is 0 Å². The lowest BCUT2D eigenvalue weighted by atomic mass is 10.1. The minimum absolute atomic E-state index is 0.380. The average molecular weight is 337 g/mol. The van der Waals surface area contributed by atoms with Crippen LogP contribution in [-0.2, 0) is 0 Å².